The van der Waals surface area contributed by atoms with Gasteiger partial charge in [-0.2, -0.15) is 5.10 Å². The van der Waals surface area contributed by atoms with E-state index in [2.05, 4.69) is 10.4 Å². The second-order valence-electron chi connectivity index (χ2n) is 5.81. The van der Waals surface area contributed by atoms with Gasteiger partial charge in [0.1, 0.15) is 0 Å². The number of hydrogen-bond donors (Lipinski definition) is 1. The number of anilines is 2. The fraction of sp³-hybridized carbons (Fsp3) is 0.158. The molecular formula is C19H19ClN4O2. The molecule has 0 aliphatic carbocycles. The molecule has 1 amide bonds. The number of ether oxygens (including phenoxy) is 1. The molecule has 1 N–H and O–H groups in total. The number of hydrogen-bond acceptors (Lipinski definition) is 4. The number of aromatic nitrogens is 2. The molecule has 0 aliphatic rings. The minimum atomic E-state index is -0.373. The summed E-state index contributed by atoms with van der Waals surface area (Å²) in [6.45, 7) is 0. The Morgan fingerprint density at radius 2 is 1.88 bits per heavy atom. The zero-order chi connectivity index (χ0) is 18.7. The van der Waals surface area contributed by atoms with E-state index in [1.165, 1.54) is 7.11 Å². The molecule has 0 aliphatic heterocycles. The van der Waals surface area contributed by atoms with Crippen molar-refractivity contribution >= 4 is 28.9 Å². The van der Waals surface area contributed by atoms with Crippen LogP contribution in [0.1, 0.15) is 10.5 Å². The van der Waals surface area contributed by atoms with Crippen molar-refractivity contribution in [2.24, 2.45) is 0 Å². The van der Waals surface area contributed by atoms with Crippen LogP contribution in [-0.4, -0.2) is 36.9 Å². The topological polar surface area (TPSA) is 59.4 Å². The monoisotopic (exact) mass is 370 g/mol. The standard InChI is InChI=1S/C19H19ClN4O2/c1-23(2)18-14(20)10-7-11-15(18)21-19(25)17-16(26-3)12-24(22-17)13-8-5-4-6-9-13/h4-12H,1-3H3,(H,21,25). The number of amides is 1. The van der Waals surface area contributed by atoms with Crippen molar-refractivity contribution in [1.29, 1.82) is 0 Å². The Balaban J connectivity index is 1.94. The quantitative estimate of drug-likeness (QED) is 0.741. The Kier molecular flexibility index (Phi) is 5.14. The summed E-state index contributed by atoms with van der Waals surface area (Å²) in [6.07, 6.45) is 1.68. The molecule has 0 saturated carbocycles. The van der Waals surface area contributed by atoms with Crippen molar-refractivity contribution in [2.75, 3.05) is 31.4 Å². The molecule has 7 heteroatoms. The smallest absolute Gasteiger partial charge is 0.280 e. The Bertz CT molecular complexity index is 923. The second-order valence-corrected chi connectivity index (χ2v) is 6.22. The van der Waals surface area contributed by atoms with E-state index in [9.17, 15) is 4.79 Å². The minimum Gasteiger partial charge on any atom is -0.493 e. The first-order valence-corrected chi connectivity index (χ1v) is 8.35. The molecule has 134 valence electrons. The van der Waals surface area contributed by atoms with E-state index in [4.69, 9.17) is 16.3 Å². The van der Waals surface area contributed by atoms with Crippen LogP contribution in [0.2, 0.25) is 5.02 Å². The van der Waals surface area contributed by atoms with Crippen molar-refractivity contribution in [3.63, 3.8) is 0 Å². The molecule has 0 fully saturated rings. The molecule has 0 atom stereocenters. The van der Waals surface area contributed by atoms with Crippen LogP contribution in [0.15, 0.2) is 54.7 Å². The van der Waals surface area contributed by atoms with Crippen LogP contribution < -0.4 is 15.0 Å². The van der Waals surface area contributed by atoms with Gasteiger partial charge in [-0.1, -0.05) is 35.9 Å². The van der Waals surface area contributed by atoms with E-state index >= 15 is 0 Å². The SMILES string of the molecule is COc1cn(-c2ccccc2)nc1C(=O)Nc1cccc(Cl)c1N(C)C. The van der Waals surface area contributed by atoms with Gasteiger partial charge in [0.25, 0.3) is 5.91 Å². The molecule has 0 unspecified atom stereocenters. The van der Waals surface area contributed by atoms with Crippen molar-refractivity contribution in [3.05, 3.63) is 65.4 Å². The number of carbonyl (C=O) groups is 1. The van der Waals surface area contributed by atoms with Crippen molar-refractivity contribution in [3.8, 4) is 11.4 Å². The Labute approximate surface area is 157 Å². The van der Waals surface area contributed by atoms with Crippen LogP contribution in [0.5, 0.6) is 5.75 Å². The number of para-hydroxylation sites is 2. The molecule has 0 saturated heterocycles. The predicted molar refractivity (Wildman–Crippen MR) is 104 cm³/mol. The first kappa shape index (κ1) is 17.8. The van der Waals surface area contributed by atoms with Crippen molar-refractivity contribution in [1.82, 2.24) is 9.78 Å². The lowest BCUT2D eigenvalue weighted by atomic mass is 10.2. The summed E-state index contributed by atoms with van der Waals surface area (Å²) in [5.74, 6) is 0.0154. The Morgan fingerprint density at radius 1 is 1.15 bits per heavy atom. The molecule has 1 heterocycles. The highest BCUT2D eigenvalue weighted by Gasteiger charge is 2.20. The summed E-state index contributed by atoms with van der Waals surface area (Å²) in [7, 11) is 5.23. The lowest BCUT2D eigenvalue weighted by molar-refractivity contribution is 0.101. The van der Waals surface area contributed by atoms with Crippen LogP contribution in [0.4, 0.5) is 11.4 Å². The normalized spacial score (nSPS) is 10.5. The van der Waals surface area contributed by atoms with E-state index in [0.29, 0.717) is 16.5 Å². The van der Waals surface area contributed by atoms with Gasteiger partial charge in [0.2, 0.25) is 0 Å². The summed E-state index contributed by atoms with van der Waals surface area (Å²) < 4.78 is 6.94. The van der Waals surface area contributed by atoms with E-state index in [0.717, 1.165) is 11.4 Å². The third kappa shape index (κ3) is 3.50. The number of carbonyl (C=O) groups excluding carboxylic acids is 1. The summed E-state index contributed by atoms with van der Waals surface area (Å²) in [6, 6.07) is 14.9. The maximum Gasteiger partial charge on any atom is 0.280 e. The predicted octanol–water partition coefficient (Wildman–Crippen LogP) is 3.85. The van der Waals surface area contributed by atoms with Gasteiger partial charge in [-0.25, -0.2) is 4.68 Å². The molecule has 0 radical (unpaired) electrons. The summed E-state index contributed by atoms with van der Waals surface area (Å²) >= 11 is 6.26. The fourth-order valence-corrected chi connectivity index (χ4v) is 2.97. The fourth-order valence-electron chi connectivity index (χ4n) is 2.63. The molecule has 26 heavy (non-hydrogen) atoms. The van der Waals surface area contributed by atoms with Gasteiger partial charge in [0, 0.05) is 14.1 Å². The summed E-state index contributed by atoms with van der Waals surface area (Å²) in [5, 5.41) is 7.80. The zero-order valence-corrected chi connectivity index (χ0v) is 15.5. The van der Waals surface area contributed by atoms with E-state index < -0.39 is 0 Å². The molecular weight excluding hydrogens is 352 g/mol. The number of rotatable bonds is 5. The van der Waals surface area contributed by atoms with Gasteiger partial charge in [0.15, 0.2) is 11.4 Å². The van der Waals surface area contributed by atoms with Crippen LogP contribution in [0.3, 0.4) is 0 Å². The average molecular weight is 371 g/mol. The summed E-state index contributed by atoms with van der Waals surface area (Å²) in [5.41, 5.74) is 2.36. The number of nitrogens with one attached hydrogen (secondary N) is 1. The third-order valence-electron chi connectivity index (χ3n) is 3.82. The molecule has 0 bridgehead atoms. The molecule has 1 aromatic heterocycles. The number of nitrogens with zero attached hydrogens (tertiary/aromatic N) is 3. The average Bonchev–Trinajstić information content (AvgIpc) is 3.07. The molecule has 3 rings (SSSR count). The number of methoxy groups -OCH3 is 1. The van der Waals surface area contributed by atoms with E-state index in [-0.39, 0.29) is 11.6 Å². The van der Waals surface area contributed by atoms with Crippen LogP contribution in [0, 0.1) is 0 Å². The van der Waals surface area contributed by atoms with Crippen LogP contribution in [-0.2, 0) is 0 Å². The summed E-state index contributed by atoms with van der Waals surface area (Å²) in [4.78, 5) is 14.6. The van der Waals surface area contributed by atoms with Gasteiger partial charge in [-0.05, 0) is 24.3 Å². The zero-order valence-electron chi connectivity index (χ0n) is 14.7. The first-order valence-electron chi connectivity index (χ1n) is 7.97. The highest BCUT2D eigenvalue weighted by Crippen LogP contribution is 2.33. The lowest BCUT2D eigenvalue weighted by Crippen LogP contribution is -2.18. The van der Waals surface area contributed by atoms with Gasteiger partial charge in [-0.3, -0.25) is 4.79 Å². The van der Waals surface area contributed by atoms with Gasteiger partial charge < -0.3 is 15.0 Å². The third-order valence-corrected chi connectivity index (χ3v) is 4.12. The van der Waals surface area contributed by atoms with Gasteiger partial charge >= 0.3 is 0 Å². The van der Waals surface area contributed by atoms with Gasteiger partial charge in [-0.15, -0.1) is 0 Å². The highest BCUT2D eigenvalue weighted by molar-refractivity contribution is 6.34. The van der Waals surface area contributed by atoms with Crippen LogP contribution >= 0.6 is 11.6 Å². The maximum absolute atomic E-state index is 12.8. The van der Waals surface area contributed by atoms with Crippen molar-refractivity contribution in [2.45, 2.75) is 0 Å². The molecule has 2 aromatic carbocycles. The highest BCUT2D eigenvalue weighted by atomic mass is 35.5. The first-order chi connectivity index (χ1) is 12.5. The van der Waals surface area contributed by atoms with Crippen LogP contribution in [0.25, 0.3) is 5.69 Å². The van der Waals surface area contributed by atoms with E-state index in [1.54, 1.807) is 29.1 Å². The second kappa shape index (κ2) is 7.49. The maximum atomic E-state index is 12.8. The number of halogens is 1. The van der Waals surface area contributed by atoms with E-state index in [1.807, 2.05) is 49.3 Å². The lowest BCUT2D eigenvalue weighted by Gasteiger charge is -2.19. The molecule has 3 aromatic rings. The van der Waals surface area contributed by atoms with Gasteiger partial charge in [0.05, 0.1) is 35.4 Å². The largest absolute Gasteiger partial charge is 0.493 e. The Morgan fingerprint density at radius 3 is 2.54 bits per heavy atom. The Hall–Kier alpha value is -2.99. The molecule has 6 nitrogen and oxygen atoms in total. The van der Waals surface area contributed by atoms with Crippen molar-refractivity contribution < 1.29 is 9.53 Å². The number of benzene rings is 2. The molecule has 0 spiro atoms. The minimum absolute atomic E-state index is 0.195.